The van der Waals surface area contributed by atoms with Crippen molar-refractivity contribution in [3.8, 4) is 10.8 Å². The summed E-state index contributed by atoms with van der Waals surface area (Å²) in [7, 11) is -3.86. The number of hydrogen-bond acceptors (Lipinski definition) is 9. The molecule has 0 amide bonds. The van der Waals surface area contributed by atoms with Crippen LogP contribution >= 0.6 is 23.1 Å². The van der Waals surface area contributed by atoms with Crippen molar-refractivity contribution in [3.63, 3.8) is 0 Å². The standard InChI is InChI=1S/C16H14N4O5S3/c21-20(22)11-5-6-12(14(10-11)28(23,24)19-7-1-2-8-19)27-16-18-17-15(25-16)13-4-3-9-26-13/h3-6,9-10H,1-2,7-8H2. The number of hydrogen-bond donors (Lipinski definition) is 0. The van der Waals surface area contributed by atoms with E-state index in [0.29, 0.717) is 23.9 Å². The van der Waals surface area contributed by atoms with Gasteiger partial charge in [0.15, 0.2) is 0 Å². The molecule has 0 unspecified atom stereocenters. The van der Waals surface area contributed by atoms with Crippen molar-refractivity contribution in [3.05, 3.63) is 45.8 Å². The van der Waals surface area contributed by atoms with Crippen molar-refractivity contribution in [2.24, 2.45) is 0 Å². The highest BCUT2D eigenvalue weighted by atomic mass is 32.2. The van der Waals surface area contributed by atoms with Crippen LogP contribution in [0, 0.1) is 10.1 Å². The Morgan fingerprint density at radius 3 is 2.68 bits per heavy atom. The van der Waals surface area contributed by atoms with Crippen molar-refractivity contribution in [1.29, 1.82) is 0 Å². The fraction of sp³-hybridized carbons (Fsp3) is 0.250. The first-order valence-electron chi connectivity index (χ1n) is 8.29. The lowest BCUT2D eigenvalue weighted by atomic mass is 10.3. The molecule has 0 bridgehead atoms. The first-order chi connectivity index (χ1) is 13.4. The number of aromatic nitrogens is 2. The van der Waals surface area contributed by atoms with E-state index in [9.17, 15) is 18.5 Å². The molecule has 1 aromatic carbocycles. The summed E-state index contributed by atoms with van der Waals surface area (Å²) in [6.07, 6.45) is 1.54. The quantitative estimate of drug-likeness (QED) is 0.423. The molecule has 9 nitrogen and oxygen atoms in total. The molecule has 0 atom stereocenters. The monoisotopic (exact) mass is 438 g/mol. The lowest BCUT2D eigenvalue weighted by Gasteiger charge is -2.17. The molecule has 2 aromatic heterocycles. The maximum atomic E-state index is 13.0. The van der Waals surface area contributed by atoms with Crippen LogP contribution in [0.3, 0.4) is 0 Å². The topological polar surface area (TPSA) is 119 Å². The second-order valence-corrected chi connectivity index (χ2v) is 9.80. The normalized spacial score (nSPS) is 15.1. The number of rotatable bonds is 6. The zero-order valence-electron chi connectivity index (χ0n) is 14.3. The lowest BCUT2D eigenvalue weighted by molar-refractivity contribution is -0.385. The predicted molar refractivity (Wildman–Crippen MR) is 103 cm³/mol. The zero-order chi connectivity index (χ0) is 19.7. The highest BCUT2D eigenvalue weighted by molar-refractivity contribution is 8.00. The Labute approximate surface area is 168 Å². The number of non-ortho nitro benzene ring substituents is 1. The molecule has 28 heavy (non-hydrogen) atoms. The molecule has 1 aliphatic rings. The molecule has 3 aromatic rings. The third-order valence-electron chi connectivity index (χ3n) is 4.16. The Bertz CT molecular complexity index is 1110. The largest absolute Gasteiger partial charge is 0.410 e. The van der Waals surface area contributed by atoms with Crippen LogP contribution in [0.2, 0.25) is 0 Å². The van der Waals surface area contributed by atoms with Crippen LogP contribution in [0.1, 0.15) is 12.8 Å². The maximum absolute atomic E-state index is 13.0. The van der Waals surface area contributed by atoms with Gasteiger partial charge in [-0.15, -0.1) is 21.5 Å². The SMILES string of the molecule is O=[N+]([O-])c1ccc(Sc2nnc(-c3cccs3)o2)c(S(=O)(=O)N2CCCC2)c1. The number of nitro groups is 1. The van der Waals surface area contributed by atoms with E-state index in [1.807, 2.05) is 17.5 Å². The summed E-state index contributed by atoms with van der Waals surface area (Å²) in [4.78, 5) is 11.5. The minimum absolute atomic E-state index is 0.121. The fourth-order valence-corrected chi connectivity index (χ4v) is 6.19. The van der Waals surface area contributed by atoms with Gasteiger partial charge in [0.25, 0.3) is 16.8 Å². The van der Waals surface area contributed by atoms with E-state index in [4.69, 9.17) is 4.42 Å². The average Bonchev–Trinajstić information content (AvgIpc) is 3.43. The van der Waals surface area contributed by atoms with Gasteiger partial charge in [0.05, 0.1) is 9.80 Å². The van der Waals surface area contributed by atoms with E-state index in [1.165, 1.54) is 27.8 Å². The molecule has 1 aliphatic heterocycles. The van der Waals surface area contributed by atoms with Gasteiger partial charge >= 0.3 is 0 Å². The van der Waals surface area contributed by atoms with Crippen molar-refractivity contribution in [2.45, 2.75) is 27.9 Å². The van der Waals surface area contributed by atoms with E-state index in [0.717, 1.165) is 35.5 Å². The summed E-state index contributed by atoms with van der Waals surface area (Å²) in [5.74, 6) is 0.336. The summed E-state index contributed by atoms with van der Waals surface area (Å²) < 4.78 is 33.0. The second-order valence-electron chi connectivity index (χ2n) is 5.95. The van der Waals surface area contributed by atoms with Crippen LogP contribution in [0.5, 0.6) is 0 Å². The van der Waals surface area contributed by atoms with Gasteiger partial charge in [0.1, 0.15) is 4.90 Å². The summed E-state index contributed by atoms with van der Waals surface area (Å²) in [6.45, 7) is 0.802. The molecule has 0 spiro atoms. The predicted octanol–water partition coefficient (Wildman–Crippen LogP) is 3.64. The average molecular weight is 439 g/mol. The maximum Gasteiger partial charge on any atom is 0.281 e. The molecule has 3 heterocycles. The van der Waals surface area contributed by atoms with Crippen LogP contribution in [-0.4, -0.2) is 40.9 Å². The van der Waals surface area contributed by atoms with E-state index >= 15 is 0 Å². The van der Waals surface area contributed by atoms with Gasteiger partial charge in [0.2, 0.25) is 10.0 Å². The summed E-state index contributed by atoms with van der Waals surface area (Å²) in [6, 6.07) is 7.45. The minimum atomic E-state index is -3.86. The molecule has 146 valence electrons. The van der Waals surface area contributed by atoms with Crippen molar-refractivity contribution < 1.29 is 17.8 Å². The molecule has 4 rings (SSSR count). The van der Waals surface area contributed by atoms with Crippen LogP contribution in [0.15, 0.2) is 55.1 Å². The molecule has 0 aliphatic carbocycles. The smallest absolute Gasteiger partial charge is 0.281 e. The van der Waals surface area contributed by atoms with E-state index in [1.54, 1.807) is 0 Å². The second kappa shape index (κ2) is 7.62. The molecule has 0 N–H and O–H groups in total. The zero-order valence-corrected chi connectivity index (χ0v) is 16.8. The van der Waals surface area contributed by atoms with Crippen LogP contribution in [0.25, 0.3) is 10.8 Å². The Kier molecular flexibility index (Phi) is 5.19. The van der Waals surface area contributed by atoms with Gasteiger partial charge in [-0.2, -0.15) is 4.31 Å². The number of benzene rings is 1. The van der Waals surface area contributed by atoms with Crippen LogP contribution in [0.4, 0.5) is 5.69 Å². The first-order valence-corrected chi connectivity index (χ1v) is 11.4. The van der Waals surface area contributed by atoms with Gasteiger partial charge < -0.3 is 4.42 Å². The molecular weight excluding hydrogens is 424 g/mol. The molecule has 1 fully saturated rings. The van der Waals surface area contributed by atoms with Crippen molar-refractivity contribution >= 4 is 38.8 Å². The van der Waals surface area contributed by atoms with E-state index in [2.05, 4.69) is 10.2 Å². The molecule has 0 radical (unpaired) electrons. The number of thiophene rings is 1. The Hall–Kier alpha value is -2.28. The third-order valence-corrected chi connectivity index (χ3v) is 8.00. The van der Waals surface area contributed by atoms with Gasteiger partial charge in [0, 0.05) is 30.1 Å². The Balaban J connectivity index is 1.71. The highest BCUT2D eigenvalue weighted by Gasteiger charge is 2.31. The molecule has 1 saturated heterocycles. The van der Waals surface area contributed by atoms with Crippen molar-refractivity contribution in [1.82, 2.24) is 14.5 Å². The van der Waals surface area contributed by atoms with E-state index < -0.39 is 14.9 Å². The Morgan fingerprint density at radius 2 is 2.00 bits per heavy atom. The lowest BCUT2D eigenvalue weighted by Crippen LogP contribution is -2.28. The summed E-state index contributed by atoms with van der Waals surface area (Å²) in [5.41, 5.74) is -0.285. The molecule has 0 saturated carbocycles. The summed E-state index contributed by atoms with van der Waals surface area (Å²) >= 11 is 2.42. The molecule has 12 heteroatoms. The van der Waals surface area contributed by atoms with Crippen LogP contribution < -0.4 is 0 Å². The number of nitro benzene ring substituents is 1. The number of nitrogens with zero attached hydrogens (tertiary/aromatic N) is 4. The van der Waals surface area contributed by atoms with Gasteiger partial charge in [-0.05, 0) is 42.1 Å². The Morgan fingerprint density at radius 1 is 1.21 bits per heavy atom. The van der Waals surface area contributed by atoms with Gasteiger partial charge in [-0.3, -0.25) is 10.1 Å². The van der Waals surface area contributed by atoms with Gasteiger partial charge in [-0.1, -0.05) is 6.07 Å². The highest BCUT2D eigenvalue weighted by Crippen LogP contribution is 2.37. The van der Waals surface area contributed by atoms with Crippen LogP contribution in [-0.2, 0) is 10.0 Å². The van der Waals surface area contributed by atoms with Crippen molar-refractivity contribution in [2.75, 3.05) is 13.1 Å². The minimum Gasteiger partial charge on any atom is -0.410 e. The fourth-order valence-electron chi connectivity index (χ4n) is 2.81. The van der Waals surface area contributed by atoms with E-state index in [-0.39, 0.29) is 15.8 Å². The molecular formula is C16H14N4O5S3. The number of sulfonamides is 1. The van der Waals surface area contributed by atoms with Gasteiger partial charge in [-0.25, -0.2) is 8.42 Å². The summed E-state index contributed by atoms with van der Waals surface area (Å²) in [5, 5.41) is 21.1. The first kappa shape index (κ1) is 19.1. The third kappa shape index (κ3) is 3.68.